The van der Waals surface area contributed by atoms with E-state index in [1.807, 2.05) is 42.1 Å². The summed E-state index contributed by atoms with van der Waals surface area (Å²) in [4.78, 5) is 25.3. The summed E-state index contributed by atoms with van der Waals surface area (Å²) in [5.74, 6) is -1.11. The van der Waals surface area contributed by atoms with Crippen molar-refractivity contribution in [2.45, 2.75) is 0 Å². The highest BCUT2D eigenvalue weighted by molar-refractivity contribution is 5.96. The van der Waals surface area contributed by atoms with Crippen LogP contribution in [-0.2, 0) is 7.05 Å². The summed E-state index contributed by atoms with van der Waals surface area (Å²) in [6.45, 7) is 0. The van der Waals surface area contributed by atoms with Crippen molar-refractivity contribution >= 4 is 16.9 Å². The number of aromatic carboxylic acids is 1. The van der Waals surface area contributed by atoms with Crippen LogP contribution in [0.2, 0.25) is 0 Å². The number of aromatic nitrogens is 2. The van der Waals surface area contributed by atoms with E-state index in [-0.39, 0.29) is 5.56 Å². The van der Waals surface area contributed by atoms with Gasteiger partial charge < -0.3 is 14.7 Å². The molecule has 2 heterocycles. The molecule has 1 aromatic carbocycles. The number of aromatic amines is 1. The molecule has 5 heteroatoms. The van der Waals surface area contributed by atoms with Gasteiger partial charge in [-0.1, -0.05) is 18.2 Å². The zero-order valence-corrected chi connectivity index (χ0v) is 10.8. The average molecular weight is 268 g/mol. The van der Waals surface area contributed by atoms with Crippen molar-refractivity contribution in [3.05, 3.63) is 58.5 Å². The van der Waals surface area contributed by atoms with Crippen LogP contribution >= 0.6 is 0 Å². The average Bonchev–Trinajstić information content (AvgIpc) is 2.76. The zero-order valence-electron chi connectivity index (χ0n) is 10.8. The number of carboxylic acid groups (broad SMARTS) is 1. The number of carbonyl (C=O) groups is 1. The highest BCUT2D eigenvalue weighted by Gasteiger charge is 2.12. The molecule has 0 amide bonds. The fourth-order valence-corrected chi connectivity index (χ4v) is 2.37. The van der Waals surface area contributed by atoms with Crippen molar-refractivity contribution in [1.29, 1.82) is 0 Å². The summed E-state index contributed by atoms with van der Waals surface area (Å²) in [5.41, 5.74) is 1.89. The van der Waals surface area contributed by atoms with Crippen LogP contribution in [0.5, 0.6) is 0 Å². The first-order chi connectivity index (χ1) is 9.56. The Kier molecular flexibility index (Phi) is 2.68. The summed E-state index contributed by atoms with van der Waals surface area (Å²) in [5, 5.41) is 10.0. The highest BCUT2D eigenvalue weighted by Crippen LogP contribution is 2.28. The number of para-hydroxylation sites is 1. The van der Waals surface area contributed by atoms with Crippen LogP contribution in [0, 0.1) is 0 Å². The maximum atomic E-state index is 11.6. The minimum atomic E-state index is -1.11. The molecule has 0 aliphatic heterocycles. The van der Waals surface area contributed by atoms with Gasteiger partial charge in [-0.2, -0.15) is 0 Å². The maximum absolute atomic E-state index is 11.6. The first kappa shape index (κ1) is 12.2. The van der Waals surface area contributed by atoms with Gasteiger partial charge >= 0.3 is 5.97 Å². The quantitative estimate of drug-likeness (QED) is 0.748. The Labute approximate surface area is 114 Å². The van der Waals surface area contributed by atoms with Gasteiger partial charge in [-0.3, -0.25) is 4.79 Å². The van der Waals surface area contributed by atoms with E-state index >= 15 is 0 Å². The summed E-state index contributed by atoms with van der Waals surface area (Å²) in [7, 11) is 1.91. The van der Waals surface area contributed by atoms with Crippen LogP contribution in [-0.4, -0.2) is 20.6 Å². The second-order valence-electron chi connectivity index (χ2n) is 4.62. The van der Waals surface area contributed by atoms with E-state index in [1.165, 1.54) is 6.07 Å². The molecule has 0 radical (unpaired) electrons. The monoisotopic (exact) mass is 268 g/mol. The van der Waals surface area contributed by atoms with Crippen LogP contribution in [0.3, 0.4) is 0 Å². The van der Waals surface area contributed by atoms with Crippen molar-refractivity contribution in [3.63, 3.8) is 0 Å². The Morgan fingerprint density at radius 2 is 2.00 bits per heavy atom. The van der Waals surface area contributed by atoms with Crippen LogP contribution < -0.4 is 5.56 Å². The molecule has 0 saturated carbocycles. The highest BCUT2D eigenvalue weighted by atomic mass is 16.4. The first-order valence-electron chi connectivity index (χ1n) is 6.08. The van der Waals surface area contributed by atoms with Crippen LogP contribution in [0.15, 0.2) is 47.4 Å². The molecule has 0 aliphatic carbocycles. The standard InChI is InChI=1S/C15H12N2O3/c1-17-8-11(10-4-2-3-5-13(10)17)12-6-9(15(19)20)7-14(18)16-12/h2-8H,1H3,(H,16,18)(H,19,20). The molecule has 100 valence electrons. The summed E-state index contributed by atoms with van der Waals surface area (Å²) in [6, 6.07) is 10.3. The number of pyridine rings is 1. The van der Waals surface area contributed by atoms with E-state index in [4.69, 9.17) is 5.11 Å². The predicted molar refractivity (Wildman–Crippen MR) is 75.9 cm³/mol. The zero-order chi connectivity index (χ0) is 14.3. The lowest BCUT2D eigenvalue weighted by atomic mass is 10.1. The second-order valence-corrected chi connectivity index (χ2v) is 4.62. The second kappa shape index (κ2) is 4.38. The SMILES string of the molecule is Cn1cc(-c2cc(C(=O)O)cc(=O)[nH]2)c2ccccc21. The molecule has 0 fully saturated rings. The van der Waals surface area contributed by atoms with Crippen molar-refractivity contribution in [1.82, 2.24) is 9.55 Å². The van der Waals surface area contributed by atoms with Gasteiger partial charge in [0.2, 0.25) is 5.56 Å². The molecular formula is C15H12N2O3. The lowest BCUT2D eigenvalue weighted by Gasteiger charge is -2.01. The summed E-state index contributed by atoms with van der Waals surface area (Å²) >= 11 is 0. The molecule has 0 saturated heterocycles. The maximum Gasteiger partial charge on any atom is 0.335 e. The molecular weight excluding hydrogens is 256 g/mol. The number of carboxylic acids is 1. The first-order valence-corrected chi connectivity index (χ1v) is 6.08. The lowest BCUT2D eigenvalue weighted by molar-refractivity contribution is 0.0696. The van der Waals surface area contributed by atoms with Crippen molar-refractivity contribution in [2.24, 2.45) is 7.05 Å². The molecule has 0 bridgehead atoms. The molecule has 20 heavy (non-hydrogen) atoms. The number of nitrogens with zero attached hydrogens (tertiary/aromatic N) is 1. The normalized spacial score (nSPS) is 10.8. The van der Waals surface area contributed by atoms with E-state index in [2.05, 4.69) is 4.98 Å². The van der Waals surface area contributed by atoms with Gasteiger partial charge in [0, 0.05) is 35.8 Å². The fourth-order valence-electron chi connectivity index (χ4n) is 2.37. The van der Waals surface area contributed by atoms with Gasteiger partial charge in [-0.05, 0) is 12.1 Å². The Hall–Kier alpha value is -2.82. The molecule has 3 rings (SSSR count). The van der Waals surface area contributed by atoms with Gasteiger partial charge in [-0.25, -0.2) is 4.79 Å². The minimum absolute atomic E-state index is 0.0170. The van der Waals surface area contributed by atoms with Crippen LogP contribution in [0.4, 0.5) is 0 Å². The van der Waals surface area contributed by atoms with Crippen molar-refractivity contribution in [3.8, 4) is 11.3 Å². The number of aryl methyl sites for hydroxylation is 1. The molecule has 0 spiro atoms. The summed E-state index contributed by atoms with van der Waals surface area (Å²) < 4.78 is 1.94. The third-order valence-electron chi connectivity index (χ3n) is 3.28. The largest absolute Gasteiger partial charge is 0.478 e. The van der Waals surface area contributed by atoms with Gasteiger partial charge in [0.05, 0.1) is 11.3 Å². The molecule has 5 nitrogen and oxygen atoms in total. The Balaban J connectivity index is 2.31. The van der Waals surface area contributed by atoms with Crippen molar-refractivity contribution < 1.29 is 9.90 Å². The molecule has 0 aliphatic rings. The number of H-pyrrole nitrogens is 1. The number of benzene rings is 1. The molecule has 3 aromatic rings. The Morgan fingerprint density at radius 1 is 1.25 bits per heavy atom. The van der Waals surface area contributed by atoms with Gasteiger partial charge in [0.1, 0.15) is 0 Å². The van der Waals surface area contributed by atoms with Crippen LogP contribution in [0.1, 0.15) is 10.4 Å². The third kappa shape index (κ3) is 1.89. The van der Waals surface area contributed by atoms with Crippen LogP contribution in [0.25, 0.3) is 22.2 Å². The van der Waals surface area contributed by atoms with Gasteiger partial charge in [-0.15, -0.1) is 0 Å². The number of nitrogens with one attached hydrogen (secondary N) is 1. The Bertz CT molecular complexity index is 874. The van der Waals surface area contributed by atoms with E-state index in [9.17, 15) is 9.59 Å². The van der Waals surface area contributed by atoms with E-state index < -0.39 is 11.5 Å². The van der Waals surface area contributed by atoms with Gasteiger partial charge in [0.15, 0.2) is 0 Å². The van der Waals surface area contributed by atoms with E-state index in [1.54, 1.807) is 0 Å². The number of fused-ring (bicyclic) bond motifs is 1. The van der Waals surface area contributed by atoms with Gasteiger partial charge in [0.25, 0.3) is 0 Å². The summed E-state index contributed by atoms with van der Waals surface area (Å²) in [6.07, 6.45) is 1.88. The Morgan fingerprint density at radius 3 is 2.75 bits per heavy atom. The third-order valence-corrected chi connectivity index (χ3v) is 3.28. The van der Waals surface area contributed by atoms with E-state index in [0.29, 0.717) is 5.69 Å². The van der Waals surface area contributed by atoms with E-state index in [0.717, 1.165) is 22.5 Å². The number of hydrogen-bond donors (Lipinski definition) is 2. The molecule has 0 atom stereocenters. The smallest absolute Gasteiger partial charge is 0.335 e. The molecule has 2 N–H and O–H groups in total. The predicted octanol–water partition coefficient (Wildman–Crippen LogP) is 2.23. The molecule has 0 unspecified atom stereocenters. The number of rotatable bonds is 2. The number of hydrogen-bond acceptors (Lipinski definition) is 2. The molecule has 2 aromatic heterocycles. The topological polar surface area (TPSA) is 75.1 Å². The minimum Gasteiger partial charge on any atom is -0.478 e. The van der Waals surface area contributed by atoms with Crippen molar-refractivity contribution in [2.75, 3.05) is 0 Å². The lowest BCUT2D eigenvalue weighted by Crippen LogP contribution is -2.10. The fraction of sp³-hybridized carbons (Fsp3) is 0.0667.